The average Bonchev–Trinajstić information content (AvgIpc) is 2.30. The average molecular weight is 214 g/mol. The summed E-state index contributed by atoms with van der Waals surface area (Å²) in [5, 5.41) is 0. The maximum atomic E-state index is 6.15. The number of hydrogen-bond donors (Lipinski definition) is 0. The number of halogens is 1. The fourth-order valence-corrected chi connectivity index (χ4v) is 2.19. The van der Waals surface area contributed by atoms with Crippen molar-refractivity contribution in [3.05, 3.63) is 48.5 Å². The van der Waals surface area contributed by atoms with Crippen molar-refractivity contribution in [3.8, 4) is 16.9 Å². The molecule has 0 amide bonds. The Morgan fingerprint density at radius 1 is 0.867 bits per heavy atom. The molecule has 1 aliphatic heterocycles. The fraction of sp³-hybridized carbons (Fsp3) is 0. The van der Waals surface area contributed by atoms with E-state index in [1.165, 1.54) is 5.56 Å². The van der Waals surface area contributed by atoms with Gasteiger partial charge in [-0.05, 0) is 17.1 Å². The second-order valence-electron chi connectivity index (χ2n) is 3.52. The summed E-state index contributed by atoms with van der Waals surface area (Å²) >= 11 is 6.15. The van der Waals surface area contributed by atoms with E-state index in [9.17, 15) is 0 Å². The molecule has 0 unspecified atom stereocenters. The van der Waals surface area contributed by atoms with E-state index in [0.717, 1.165) is 16.8 Å². The van der Waals surface area contributed by atoms with Gasteiger partial charge in [-0.2, -0.15) is 0 Å². The van der Waals surface area contributed by atoms with E-state index in [1.54, 1.807) is 0 Å². The molecule has 1 aliphatic rings. The number of para-hydroxylation sites is 1. The summed E-state index contributed by atoms with van der Waals surface area (Å²) in [7, 11) is 0. The van der Waals surface area contributed by atoms with Gasteiger partial charge in [-0.25, -0.2) is 0 Å². The van der Waals surface area contributed by atoms with E-state index in [1.807, 2.05) is 36.4 Å². The quantitative estimate of drug-likeness (QED) is 0.613. The predicted octanol–water partition coefficient (Wildman–Crippen LogP) is 2.68. The van der Waals surface area contributed by atoms with Crippen molar-refractivity contribution < 1.29 is 4.65 Å². The van der Waals surface area contributed by atoms with Crippen LogP contribution in [0.15, 0.2) is 48.5 Å². The van der Waals surface area contributed by atoms with Crippen molar-refractivity contribution in [2.24, 2.45) is 0 Å². The molecular weight excluding hydrogens is 206 g/mol. The van der Waals surface area contributed by atoms with Gasteiger partial charge in [0.15, 0.2) is 0 Å². The van der Waals surface area contributed by atoms with E-state index in [0.29, 0.717) is 0 Å². The maximum absolute atomic E-state index is 6.15. The van der Waals surface area contributed by atoms with Crippen molar-refractivity contribution in [2.75, 3.05) is 0 Å². The first-order valence-corrected chi connectivity index (χ1v) is 5.29. The molecule has 0 bridgehead atoms. The summed E-state index contributed by atoms with van der Waals surface area (Å²) in [6, 6.07) is 16.0. The standard InChI is InChI=1S/C12H8BClO/c14-13-11-7-3-1-5-9(11)10-6-2-4-8-12(10)15-13/h1-8H. The van der Waals surface area contributed by atoms with Crippen molar-refractivity contribution >= 4 is 23.3 Å². The molecule has 15 heavy (non-hydrogen) atoms. The molecule has 0 fully saturated rings. The van der Waals surface area contributed by atoms with Gasteiger partial charge in [0, 0.05) is 5.56 Å². The van der Waals surface area contributed by atoms with Crippen LogP contribution in [-0.4, -0.2) is 6.33 Å². The van der Waals surface area contributed by atoms with Gasteiger partial charge in [-0.3, -0.25) is 0 Å². The molecule has 1 nitrogen and oxygen atoms in total. The van der Waals surface area contributed by atoms with Crippen LogP contribution in [0.3, 0.4) is 0 Å². The highest BCUT2D eigenvalue weighted by Crippen LogP contribution is 2.33. The third-order valence-electron chi connectivity index (χ3n) is 2.61. The lowest BCUT2D eigenvalue weighted by Crippen LogP contribution is -2.35. The summed E-state index contributed by atoms with van der Waals surface area (Å²) in [6.07, 6.45) is -0.379. The Hall–Kier alpha value is -1.41. The van der Waals surface area contributed by atoms with Crippen LogP contribution in [0, 0.1) is 0 Å². The monoisotopic (exact) mass is 214 g/mol. The summed E-state index contributed by atoms with van der Waals surface area (Å²) < 4.78 is 5.62. The van der Waals surface area contributed by atoms with Crippen LogP contribution in [-0.2, 0) is 0 Å². The molecule has 2 aromatic carbocycles. The molecular formula is C12H8BClO. The van der Waals surface area contributed by atoms with Gasteiger partial charge in [0.1, 0.15) is 5.75 Å². The van der Waals surface area contributed by atoms with Crippen molar-refractivity contribution in [2.45, 2.75) is 0 Å². The molecule has 0 radical (unpaired) electrons. The lowest BCUT2D eigenvalue weighted by atomic mass is 9.77. The van der Waals surface area contributed by atoms with Crippen LogP contribution < -0.4 is 10.1 Å². The summed E-state index contributed by atoms with van der Waals surface area (Å²) in [5.41, 5.74) is 3.32. The molecule has 3 heteroatoms. The van der Waals surface area contributed by atoms with Gasteiger partial charge in [-0.15, -0.1) is 11.5 Å². The zero-order valence-electron chi connectivity index (χ0n) is 7.98. The molecule has 0 saturated carbocycles. The number of rotatable bonds is 0. The second-order valence-corrected chi connectivity index (χ2v) is 3.91. The molecule has 72 valence electrons. The highest BCUT2D eigenvalue weighted by molar-refractivity contribution is 7.11. The molecule has 0 N–H and O–H groups in total. The van der Waals surface area contributed by atoms with Crippen molar-refractivity contribution in [3.63, 3.8) is 0 Å². The van der Waals surface area contributed by atoms with E-state index in [2.05, 4.69) is 12.1 Å². The fourth-order valence-electron chi connectivity index (χ4n) is 1.91. The topological polar surface area (TPSA) is 9.23 Å². The third kappa shape index (κ3) is 1.33. The summed E-state index contributed by atoms with van der Waals surface area (Å²) in [6.45, 7) is 0. The van der Waals surface area contributed by atoms with Gasteiger partial charge >= 0.3 is 6.33 Å². The zero-order valence-corrected chi connectivity index (χ0v) is 8.74. The molecule has 2 aromatic rings. The van der Waals surface area contributed by atoms with E-state index >= 15 is 0 Å². The van der Waals surface area contributed by atoms with Crippen LogP contribution in [0.25, 0.3) is 11.1 Å². The Bertz CT molecular complexity index is 512. The largest absolute Gasteiger partial charge is 0.542 e. The lowest BCUT2D eigenvalue weighted by Gasteiger charge is -2.22. The molecule has 0 atom stereocenters. The molecule has 0 saturated heterocycles. The molecule has 0 spiro atoms. The minimum atomic E-state index is -0.379. The normalized spacial score (nSPS) is 12.7. The van der Waals surface area contributed by atoms with Gasteiger partial charge in [0.05, 0.1) is 0 Å². The Morgan fingerprint density at radius 2 is 1.53 bits per heavy atom. The van der Waals surface area contributed by atoms with Crippen LogP contribution >= 0.6 is 11.5 Å². The Balaban J connectivity index is 2.30. The molecule has 0 aromatic heterocycles. The first-order chi connectivity index (χ1) is 7.36. The number of benzene rings is 2. The number of fused-ring (bicyclic) bond motifs is 3. The van der Waals surface area contributed by atoms with E-state index in [4.69, 9.17) is 16.1 Å². The van der Waals surface area contributed by atoms with Gasteiger partial charge in [-0.1, -0.05) is 42.5 Å². The van der Waals surface area contributed by atoms with Crippen molar-refractivity contribution in [1.82, 2.24) is 0 Å². The highest BCUT2D eigenvalue weighted by Gasteiger charge is 2.28. The number of hydrogen-bond acceptors (Lipinski definition) is 1. The summed E-state index contributed by atoms with van der Waals surface area (Å²) in [5.74, 6) is 0.858. The second kappa shape index (κ2) is 3.32. The molecule has 0 aliphatic carbocycles. The van der Waals surface area contributed by atoms with Crippen molar-refractivity contribution in [1.29, 1.82) is 0 Å². The smallest absolute Gasteiger partial charge is 0.501 e. The van der Waals surface area contributed by atoms with Crippen LogP contribution in [0.5, 0.6) is 5.75 Å². The third-order valence-corrected chi connectivity index (χ3v) is 2.94. The molecule has 3 rings (SSSR count). The van der Waals surface area contributed by atoms with E-state index in [-0.39, 0.29) is 6.33 Å². The first-order valence-electron chi connectivity index (χ1n) is 4.85. The Labute approximate surface area is 93.7 Å². The maximum Gasteiger partial charge on any atom is 0.501 e. The van der Waals surface area contributed by atoms with Crippen LogP contribution in [0.2, 0.25) is 0 Å². The van der Waals surface area contributed by atoms with E-state index < -0.39 is 0 Å². The van der Waals surface area contributed by atoms with Gasteiger partial charge in [0.2, 0.25) is 0 Å². The van der Waals surface area contributed by atoms with Crippen LogP contribution in [0.4, 0.5) is 0 Å². The predicted molar refractivity (Wildman–Crippen MR) is 63.7 cm³/mol. The van der Waals surface area contributed by atoms with Gasteiger partial charge < -0.3 is 4.65 Å². The first kappa shape index (κ1) is 8.87. The SMILES string of the molecule is ClB1Oc2ccccc2-c2ccccc21. The highest BCUT2D eigenvalue weighted by atomic mass is 35.5. The minimum Gasteiger partial charge on any atom is -0.542 e. The zero-order chi connectivity index (χ0) is 10.3. The summed E-state index contributed by atoms with van der Waals surface area (Å²) in [4.78, 5) is 0. The minimum absolute atomic E-state index is 0.379. The lowest BCUT2D eigenvalue weighted by molar-refractivity contribution is 0.596. The molecule has 1 heterocycles. The van der Waals surface area contributed by atoms with Crippen LogP contribution in [0.1, 0.15) is 0 Å². The Morgan fingerprint density at radius 3 is 2.40 bits per heavy atom. The van der Waals surface area contributed by atoms with Gasteiger partial charge in [0.25, 0.3) is 0 Å². The Kier molecular flexibility index (Phi) is 1.96.